The van der Waals surface area contributed by atoms with Gasteiger partial charge in [0, 0.05) is 23.1 Å². The zero-order valence-electron chi connectivity index (χ0n) is 12.9. The second-order valence-electron chi connectivity index (χ2n) is 6.00. The molecule has 5 nitrogen and oxygen atoms in total. The molecular weight excluding hydrogens is 290 g/mol. The summed E-state index contributed by atoms with van der Waals surface area (Å²) >= 11 is 0. The number of benzene rings is 1. The fraction of sp³-hybridized carbons (Fsp3) is 0.278. The van der Waals surface area contributed by atoms with E-state index in [-0.39, 0.29) is 5.91 Å². The largest absolute Gasteiger partial charge is 0.359 e. The Morgan fingerprint density at radius 3 is 2.87 bits per heavy atom. The van der Waals surface area contributed by atoms with Crippen molar-refractivity contribution in [1.29, 1.82) is 0 Å². The maximum absolute atomic E-state index is 12.6. The van der Waals surface area contributed by atoms with Crippen LogP contribution in [-0.2, 0) is 6.54 Å². The third kappa shape index (κ3) is 2.82. The van der Waals surface area contributed by atoms with Gasteiger partial charge in [-0.25, -0.2) is 0 Å². The Balaban J connectivity index is 1.64. The standard InChI is InChI=1S/C18H17N3O2/c1-11-8-13(23-21-11)10-19-18(22)15-9-17(12-6-7-12)20-16-5-3-2-4-14(15)16/h2-5,8-9,12H,6-7,10H2,1H3,(H,19,22). The van der Waals surface area contributed by atoms with Crippen molar-refractivity contribution in [3.05, 3.63) is 59.1 Å². The van der Waals surface area contributed by atoms with Gasteiger partial charge in [-0.2, -0.15) is 0 Å². The molecule has 23 heavy (non-hydrogen) atoms. The van der Waals surface area contributed by atoms with Crippen LogP contribution in [0.3, 0.4) is 0 Å². The molecule has 0 unspecified atom stereocenters. The van der Waals surface area contributed by atoms with Gasteiger partial charge in [0.1, 0.15) is 0 Å². The summed E-state index contributed by atoms with van der Waals surface area (Å²) < 4.78 is 5.13. The smallest absolute Gasteiger partial charge is 0.252 e. The van der Waals surface area contributed by atoms with E-state index in [4.69, 9.17) is 9.51 Å². The van der Waals surface area contributed by atoms with Gasteiger partial charge in [0.2, 0.25) is 0 Å². The molecule has 1 N–H and O–H groups in total. The summed E-state index contributed by atoms with van der Waals surface area (Å²) in [5, 5.41) is 7.61. The van der Waals surface area contributed by atoms with Crippen molar-refractivity contribution in [2.24, 2.45) is 0 Å². The van der Waals surface area contributed by atoms with Gasteiger partial charge in [0.25, 0.3) is 5.91 Å². The van der Waals surface area contributed by atoms with Crippen molar-refractivity contribution >= 4 is 16.8 Å². The Bertz CT molecular complexity index is 881. The number of aromatic nitrogens is 2. The monoisotopic (exact) mass is 307 g/mol. The molecule has 0 atom stereocenters. The van der Waals surface area contributed by atoms with Crippen LogP contribution in [0.25, 0.3) is 10.9 Å². The molecule has 1 fully saturated rings. The highest BCUT2D eigenvalue weighted by molar-refractivity contribution is 6.06. The molecule has 0 radical (unpaired) electrons. The van der Waals surface area contributed by atoms with Crippen molar-refractivity contribution in [2.75, 3.05) is 0 Å². The summed E-state index contributed by atoms with van der Waals surface area (Å²) in [5.74, 6) is 1.04. The lowest BCUT2D eigenvalue weighted by Gasteiger charge is -2.09. The summed E-state index contributed by atoms with van der Waals surface area (Å²) in [5.41, 5.74) is 3.37. The summed E-state index contributed by atoms with van der Waals surface area (Å²) in [7, 11) is 0. The van der Waals surface area contributed by atoms with Crippen LogP contribution in [0.5, 0.6) is 0 Å². The fourth-order valence-corrected chi connectivity index (χ4v) is 2.73. The van der Waals surface area contributed by atoms with E-state index in [0.29, 0.717) is 23.8 Å². The molecular formula is C18H17N3O2. The minimum Gasteiger partial charge on any atom is -0.359 e. The van der Waals surface area contributed by atoms with Crippen LogP contribution in [-0.4, -0.2) is 16.0 Å². The number of rotatable bonds is 4. The van der Waals surface area contributed by atoms with Gasteiger partial charge < -0.3 is 9.84 Å². The molecule has 0 saturated heterocycles. The van der Waals surface area contributed by atoms with E-state index < -0.39 is 0 Å². The van der Waals surface area contributed by atoms with E-state index in [2.05, 4.69) is 10.5 Å². The number of hydrogen-bond acceptors (Lipinski definition) is 4. The zero-order chi connectivity index (χ0) is 15.8. The lowest BCUT2D eigenvalue weighted by atomic mass is 10.1. The minimum atomic E-state index is -0.112. The Morgan fingerprint density at radius 1 is 1.30 bits per heavy atom. The van der Waals surface area contributed by atoms with Crippen LogP contribution in [0.1, 0.15) is 46.3 Å². The lowest BCUT2D eigenvalue weighted by molar-refractivity contribution is 0.0948. The average molecular weight is 307 g/mol. The number of pyridine rings is 1. The molecule has 116 valence electrons. The maximum Gasteiger partial charge on any atom is 0.252 e. The molecule has 1 saturated carbocycles. The van der Waals surface area contributed by atoms with Crippen LogP contribution in [0.4, 0.5) is 0 Å². The SMILES string of the molecule is Cc1cc(CNC(=O)c2cc(C3CC3)nc3ccccc23)on1. The van der Waals surface area contributed by atoms with Crippen LogP contribution in [0.2, 0.25) is 0 Å². The molecule has 0 aliphatic heterocycles. The number of para-hydroxylation sites is 1. The summed E-state index contributed by atoms with van der Waals surface area (Å²) in [6, 6.07) is 11.5. The highest BCUT2D eigenvalue weighted by atomic mass is 16.5. The Labute approximate surface area is 133 Å². The van der Waals surface area contributed by atoms with Gasteiger partial charge in [0.15, 0.2) is 5.76 Å². The van der Waals surface area contributed by atoms with Crippen LogP contribution < -0.4 is 5.32 Å². The molecule has 2 aromatic heterocycles. The molecule has 1 aromatic carbocycles. The van der Waals surface area contributed by atoms with Crippen molar-refractivity contribution in [3.8, 4) is 0 Å². The highest BCUT2D eigenvalue weighted by Gasteiger charge is 2.26. The van der Waals surface area contributed by atoms with E-state index >= 15 is 0 Å². The second kappa shape index (κ2) is 5.50. The van der Waals surface area contributed by atoms with Gasteiger partial charge in [-0.05, 0) is 31.9 Å². The maximum atomic E-state index is 12.6. The number of carbonyl (C=O) groups is 1. The van der Waals surface area contributed by atoms with Crippen molar-refractivity contribution in [3.63, 3.8) is 0 Å². The summed E-state index contributed by atoms with van der Waals surface area (Å²) in [6.07, 6.45) is 2.31. The van der Waals surface area contributed by atoms with E-state index in [1.165, 1.54) is 0 Å². The minimum absolute atomic E-state index is 0.112. The Morgan fingerprint density at radius 2 is 2.13 bits per heavy atom. The van der Waals surface area contributed by atoms with Crippen LogP contribution >= 0.6 is 0 Å². The topological polar surface area (TPSA) is 68.0 Å². The van der Waals surface area contributed by atoms with Gasteiger partial charge in [-0.1, -0.05) is 23.4 Å². The number of carbonyl (C=O) groups excluding carboxylic acids is 1. The van der Waals surface area contributed by atoms with Crippen molar-refractivity contribution < 1.29 is 9.32 Å². The first-order chi connectivity index (χ1) is 11.2. The normalized spacial score (nSPS) is 14.1. The number of hydrogen-bond donors (Lipinski definition) is 1. The number of fused-ring (bicyclic) bond motifs is 1. The number of nitrogens with one attached hydrogen (secondary N) is 1. The van der Waals surface area contributed by atoms with E-state index in [1.54, 1.807) is 0 Å². The third-order valence-electron chi connectivity index (χ3n) is 4.08. The van der Waals surface area contributed by atoms with Crippen LogP contribution in [0, 0.1) is 6.92 Å². The van der Waals surface area contributed by atoms with Gasteiger partial charge in [0.05, 0.1) is 23.3 Å². The van der Waals surface area contributed by atoms with Gasteiger partial charge in [-0.3, -0.25) is 9.78 Å². The van der Waals surface area contributed by atoms with Crippen molar-refractivity contribution in [2.45, 2.75) is 32.2 Å². The first-order valence-electron chi connectivity index (χ1n) is 7.81. The molecule has 5 heteroatoms. The predicted molar refractivity (Wildman–Crippen MR) is 86.1 cm³/mol. The fourth-order valence-electron chi connectivity index (χ4n) is 2.73. The third-order valence-corrected chi connectivity index (χ3v) is 4.08. The number of nitrogens with zero attached hydrogens (tertiary/aromatic N) is 2. The van der Waals surface area contributed by atoms with Gasteiger partial charge >= 0.3 is 0 Å². The first-order valence-corrected chi connectivity index (χ1v) is 7.81. The van der Waals surface area contributed by atoms with Gasteiger partial charge in [-0.15, -0.1) is 0 Å². The second-order valence-corrected chi connectivity index (χ2v) is 6.00. The molecule has 0 bridgehead atoms. The molecule has 1 aliphatic rings. The quantitative estimate of drug-likeness (QED) is 0.802. The van der Waals surface area contributed by atoms with E-state index in [1.807, 2.05) is 43.3 Å². The first kappa shape index (κ1) is 13.9. The molecule has 1 aliphatic carbocycles. The lowest BCUT2D eigenvalue weighted by Crippen LogP contribution is -2.23. The molecule has 3 aromatic rings. The number of amides is 1. The van der Waals surface area contributed by atoms with E-state index in [9.17, 15) is 4.79 Å². The average Bonchev–Trinajstić information content (AvgIpc) is 3.34. The van der Waals surface area contributed by atoms with Crippen molar-refractivity contribution in [1.82, 2.24) is 15.5 Å². The van der Waals surface area contributed by atoms with Crippen LogP contribution in [0.15, 0.2) is 40.9 Å². The number of aryl methyl sites for hydroxylation is 1. The molecule has 4 rings (SSSR count). The predicted octanol–water partition coefficient (Wildman–Crippen LogP) is 3.34. The zero-order valence-corrected chi connectivity index (χ0v) is 12.9. The Hall–Kier alpha value is -2.69. The molecule has 1 amide bonds. The summed E-state index contributed by atoms with van der Waals surface area (Å²) in [6.45, 7) is 2.18. The summed E-state index contributed by atoms with van der Waals surface area (Å²) in [4.78, 5) is 17.3. The molecule has 0 spiro atoms. The Kier molecular flexibility index (Phi) is 3.33. The highest BCUT2D eigenvalue weighted by Crippen LogP contribution is 2.40. The van der Waals surface area contributed by atoms with E-state index in [0.717, 1.165) is 35.1 Å². The molecule has 2 heterocycles.